The summed E-state index contributed by atoms with van der Waals surface area (Å²) in [7, 11) is 3.10. The first-order valence-corrected chi connectivity index (χ1v) is 11.9. The lowest BCUT2D eigenvalue weighted by molar-refractivity contribution is -0.117. The summed E-state index contributed by atoms with van der Waals surface area (Å²) in [6.45, 7) is 0.380. The highest BCUT2D eigenvalue weighted by molar-refractivity contribution is 6.02. The molecule has 0 spiro atoms. The van der Waals surface area contributed by atoms with Gasteiger partial charge in [0.05, 0.1) is 30.4 Å². The van der Waals surface area contributed by atoms with Crippen molar-refractivity contribution in [1.29, 1.82) is 0 Å². The van der Waals surface area contributed by atoms with Gasteiger partial charge in [0.25, 0.3) is 11.5 Å². The molecule has 5 rings (SSSR count). The molecule has 0 atom stereocenters. The number of nitrogens with zero attached hydrogens (tertiary/aromatic N) is 3. The summed E-state index contributed by atoms with van der Waals surface area (Å²) in [4.78, 5) is 38.3. The topological polar surface area (TPSA) is 127 Å². The maximum absolute atomic E-state index is 13.6. The van der Waals surface area contributed by atoms with Crippen molar-refractivity contribution in [2.45, 2.75) is 19.4 Å². The van der Waals surface area contributed by atoms with Crippen LogP contribution in [0.2, 0.25) is 0 Å². The number of carbonyl (C=O) groups is 2. The molecule has 2 heterocycles. The Hall–Kier alpha value is -4.73. The molecular weight excluding hydrogens is 472 g/mol. The number of hydrogen-bond donors (Lipinski definition) is 3. The van der Waals surface area contributed by atoms with Crippen molar-refractivity contribution >= 4 is 39.8 Å². The zero-order valence-electron chi connectivity index (χ0n) is 20.4. The summed E-state index contributed by atoms with van der Waals surface area (Å²) in [6.07, 6.45) is 3.45. The van der Waals surface area contributed by atoms with Gasteiger partial charge < -0.3 is 25.3 Å². The molecule has 0 aliphatic heterocycles. The third-order valence-electron chi connectivity index (χ3n) is 6.22. The van der Waals surface area contributed by atoms with Gasteiger partial charge in [-0.1, -0.05) is 24.3 Å². The van der Waals surface area contributed by atoms with Gasteiger partial charge in [0.1, 0.15) is 5.75 Å². The number of carbonyl (C=O) groups excluding carboxylic acids is 2. The van der Waals surface area contributed by atoms with E-state index in [0.29, 0.717) is 23.3 Å². The van der Waals surface area contributed by atoms with Crippen LogP contribution in [0.5, 0.6) is 5.75 Å². The van der Waals surface area contributed by atoms with Crippen LogP contribution in [0.4, 0.5) is 17.2 Å². The van der Waals surface area contributed by atoms with Crippen LogP contribution in [0, 0.1) is 5.92 Å². The highest BCUT2D eigenvalue weighted by Crippen LogP contribution is 2.31. The summed E-state index contributed by atoms with van der Waals surface area (Å²) >= 11 is 0. The number of fused-ring (bicyclic) bond motifs is 1. The molecule has 2 aromatic heterocycles. The molecule has 188 valence electrons. The second-order valence-electron chi connectivity index (χ2n) is 8.83. The maximum atomic E-state index is 13.6. The molecule has 37 heavy (non-hydrogen) atoms. The predicted molar refractivity (Wildman–Crippen MR) is 140 cm³/mol. The van der Waals surface area contributed by atoms with Crippen LogP contribution in [-0.2, 0) is 11.3 Å². The number of aromatic nitrogens is 3. The van der Waals surface area contributed by atoms with Crippen LogP contribution in [0.15, 0.2) is 65.6 Å². The largest absolute Gasteiger partial charge is 0.497 e. The van der Waals surface area contributed by atoms with E-state index in [1.807, 2.05) is 42.5 Å². The Morgan fingerprint density at radius 3 is 2.54 bits per heavy atom. The first kappa shape index (κ1) is 24.0. The monoisotopic (exact) mass is 498 g/mol. The Morgan fingerprint density at radius 2 is 1.84 bits per heavy atom. The molecule has 0 bridgehead atoms. The number of anilines is 3. The lowest BCUT2D eigenvalue weighted by Crippen LogP contribution is -2.23. The number of hydrogen-bond acceptors (Lipinski definition) is 7. The van der Waals surface area contributed by atoms with Crippen LogP contribution in [0.25, 0.3) is 10.8 Å². The summed E-state index contributed by atoms with van der Waals surface area (Å²) in [5, 5.41) is 17.7. The van der Waals surface area contributed by atoms with E-state index >= 15 is 0 Å². The third kappa shape index (κ3) is 5.13. The Kier molecular flexibility index (Phi) is 6.55. The van der Waals surface area contributed by atoms with Crippen molar-refractivity contribution in [1.82, 2.24) is 20.1 Å². The summed E-state index contributed by atoms with van der Waals surface area (Å²) in [5.74, 6) is 0.377. The minimum Gasteiger partial charge on any atom is -0.497 e. The summed E-state index contributed by atoms with van der Waals surface area (Å²) < 4.78 is 6.84. The minimum absolute atomic E-state index is 0.0148. The Balaban J connectivity index is 1.52. The number of benzene rings is 2. The Bertz CT molecular complexity index is 1540. The van der Waals surface area contributed by atoms with E-state index in [2.05, 4.69) is 26.1 Å². The zero-order chi connectivity index (χ0) is 25.9. The first-order valence-electron chi connectivity index (χ1n) is 11.9. The van der Waals surface area contributed by atoms with E-state index in [0.717, 1.165) is 29.5 Å². The molecule has 10 nitrogen and oxygen atoms in total. The van der Waals surface area contributed by atoms with Crippen LogP contribution >= 0.6 is 0 Å². The molecule has 10 heteroatoms. The number of pyridine rings is 1. The Labute approximate surface area is 212 Å². The van der Waals surface area contributed by atoms with Crippen molar-refractivity contribution < 1.29 is 14.3 Å². The zero-order valence-corrected chi connectivity index (χ0v) is 20.4. The second-order valence-corrected chi connectivity index (χ2v) is 8.83. The maximum Gasteiger partial charge on any atom is 0.273 e. The average molecular weight is 499 g/mol. The fourth-order valence-corrected chi connectivity index (χ4v) is 4.04. The molecule has 0 saturated heterocycles. The van der Waals surface area contributed by atoms with Crippen LogP contribution in [-0.4, -0.2) is 40.7 Å². The molecule has 1 aliphatic carbocycles. The van der Waals surface area contributed by atoms with Crippen molar-refractivity contribution in [2.24, 2.45) is 5.92 Å². The molecule has 0 unspecified atom stereocenters. The first-order chi connectivity index (χ1) is 18.0. The van der Waals surface area contributed by atoms with Gasteiger partial charge in [-0.25, -0.2) is 0 Å². The summed E-state index contributed by atoms with van der Waals surface area (Å²) in [6, 6.07) is 16.4. The molecule has 1 aliphatic rings. The number of amides is 2. The average Bonchev–Trinajstić information content (AvgIpc) is 3.76. The van der Waals surface area contributed by atoms with Crippen LogP contribution < -0.4 is 26.2 Å². The smallest absolute Gasteiger partial charge is 0.273 e. The molecule has 0 radical (unpaired) electrons. The van der Waals surface area contributed by atoms with Gasteiger partial charge in [0, 0.05) is 25.2 Å². The number of rotatable bonds is 8. The van der Waals surface area contributed by atoms with E-state index < -0.39 is 5.91 Å². The molecular formula is C27H26N6O4. The van der Waals surface area contributed by atoms with E-state index in [4.69, 9.17) is 4.74 Å². The standard InChI is InChI=1S/C27H26N6O4/c1-28-26(35)24-21(14-22(31-32-24)30-25(34)18-8-9-18)29-20-5-3-4-17-12-13-33(27(36)23(17)20)15-16-6-10-19(37-2)11-7-16/h3-7,10-14,18H,8-9,15H2,1-2H3,(H,28,35)(H2,29,30,31,34). The molecule has 1 fully saturated rings. The molecule has 3 N–H and O–H groups in total. The number of nitrogens with one attached hydrogen (secondary N) is 3. The van der Waals surface area contributed by atoms with Crippen LogP contribution in [0.1, 0.15) is 28.9 Å². The summed E-state index contributed by atoms with van der Waals surface area (Å²) in [5.41, 5.74) is 1.62. The van der Waals surface area contributed by atoms with Gasteiger partial charge in [-0.05, 0) is 48.1 Å². The lowest BCUT2D eigenvalue weighted by atomic mass is 10.1. The molecule has 2 amide bonds. The van der Waals surface area contributed by atoms with Crippen molar-refractivity contribution in [2.75, 3.05) is 24.8 Å². The quantitative estimate of drug-likeness (QED) is 0.340. The normalized spacial score (nSPS) is 12.7. The van der Waals surface area contributed by atoms with Crippen molar-refractivity contribution in [3.05, 3.63) is 82.4 Å². The van der Waals surface area contributed by atoms with Gasteiger partial charge in [0.2, 0.25) is 5.91 Å². The number of methoxy groups -OCH3 is 1. The minimum atomic E-state index is -0.452. The SMILES string of the molecule is CNC(=O)c1nnc(NC(=O)C2CC2)cc1Nc1cccc2ccn(Cc3ccc(OC)cc3)c(=O)c12. The third-order valence-corrected chi connectivity index (χ3v) is 6.22. The van der Waals surface area contributed by atoms with Crippen molar-refractivity contribution in [3.8, 4) is 5.75 Å². The van der Waals surface area contributed by atoms with Gasteiger partial charge in [0.15, 0.2) is 11.5 Å². The molecule has 4 aromatic rings. The van der Waals surface area contributed by atoms with E-state index in [1.165, 1.54) is 7.05 Å². The predicted octanol–water partition coefficient (Wildman–Crippen LogP) is 3.30. The van der Waals surface area contributed by atoms with Gasteiger partial charge in [-0.15, -0.1) is 10.2 Å². The number of ether oxygens (including phenoxy) is 1. The Morgan fingerprint density at radius 1 is 1.05 bits per heavy atom. The van der Waals surface area contributed by atoms with Gasteiger partial charge in [-0.2, -0.15) is 0 Å². The fourth-order valence-electron chi connectivity index (χ4n) is 4.04. The van der Waals surface area contributed by atoms with Crippen LogP contribution in [0.3, 0.4) is 0 Å². The van der Waals surface area contributed by atoms with Crippen molar-refractivity contribution in [3.63, 3.8) is 0 Å². The lowest BCUT2D eigenvalue weighted by Gasteiger charge is -2.15. The van der Waals surface area contributed by atoms with E-state index in [1.54, 1.807) is 30.0 Å². The van der Waals surface area contributed by atoms with Gasteiger partial charge in [-0.3, -0.25) is 14.4 Å². The van der Waals surface area contributed by atoms with E-state index in [-0.39, 0.29) is 28.9 Å². The molecule has 1 saturated carbocycles. The highest BCUT2D eigenvalue weighted by Gasteiger charge is 2.30. The molecule has 2 aromatic carbocycles. The second kappa shape index (κ2) is 10.1. The van der Waals surface area contributed by atoms with E-state index in [9.17, 15) is 14.4 Å². The highest BCUT2D eigenvalue weighted by atomic mass is 16.5. The fraction of sp³-hybridized carbons (Fsp3) is 0.222. The van der Waals surface area contributed by atoms with Gasteiger partial charge >= 0.3 is 0 Å².